The summed E-state index contributed by atoms with van der Waals surface area (Å²) in [6, 6.07) is 10.4. The van der Waals surface area contributed by atoms with Gasteiger partial charge in [-0.1, -0.05) is 12.1 Å². The van der Waals surface area contributed by atoms with Gasteiger partial charge in [-0.3, -0.25) is 0 Å². The lowest BCUT2D eigenvalue weighted by molar-refractivity contribution is -0.358. The topological polar surface area (TPSA) is 140 Å². The van der Waals surface area contributed by atoms with E-state index in [1.54, 1.807) is 6.92 Å². The van der Waals surface area contributed by atoms with Gasteiger partial charge >= 0.3 is 0 Å². The monoisotopic (exact) mass is 420 g/mol. The molecule has 0 saturated carbocycles. The zero-order valence-electron chi connectivity index (χ0n) is 16.9. The second kappa shape index (κ2) is 8.89. The van der Waals surface area contributed by atoms with Crippen LogP contribution in [0.5, 0.6) is 11.5 Å². The normalized spacial score (nSPS) is 29.0. The van der Waals surface area contributed by atoms with Crippen molar-refractivity contribution in [2.75, 3.05) is 13.2 Å². The lowest BCUT2D eigenvalue weighted by Gasteiger charge is -2.45. The zero-order valence-corrected chi connectivity index (χ0v) is 16.9. The molecule has 8 nitrogen and oxygen atoms in total. The van der Waals surface area contributed by atoms with Crippen LogP contribution in [-0.4, -0.2) is 68.3 Å². The second-order valence-electron chi connectivity index (χ2n) is 7.51. The van der Waals surface area contributed by atoms with E-state index < -0.39 is 36.8 Å². The van der Waals surface area contributed by atoms with Gasteiger partial charge in [-0.25, -0.2) is 0 Å². The van der Waals surface area contributed by atoms with Crippen LogP contribution >= 0.6 is 0 Å². The number of hydrogen-bond acceptors (Lipinski definition) is 8. The first-order chi connectivity index (χ1) is 14.2. The van der Waals surface area contributed by atoms with Gasteiger partial charge in [-0.15, -0.1) is 0 Å². The Morgan fingerprint density at radius 2 is 1.73 bits per heavy atom. The molecule has 8 heteroatoms. The number of aliphatic hydroxyl groups is 5. The average molecular weight is 420 g/mol. The van der Waals surface area contributed by atoms with E-state index in [9.17, 15) is 30.6 Å². The van der Waals surface area contributed by atoms with Crippen molar-refractivity contribution in [1.29, 1.82) is 0 Å². The van der Waals surface area contributed by atoms with E-state index in [0.29, 0.717) is 13.0 Å². The number of aliphatic hydroxyl groups excluding tert-OH is 4. The van der Waals surface area contributed by atoms with Gasteiger partial charge in [-0.05, 0) is 61.2 Å². The third kappa shape index (κ3) is 4.15. The molecule has 3 rings (SSSR count). The maximum Gasteiger partial charge on any atom is 0.226 e. The van der Waals surface area contributed by atoms with Crippen LogP contribution in [0.4, 0.5) is 0 Å². The van der Waals surface area contributed by atoms with Crippen molar-refractivity contribution in [2.24, 2.45) is 0 Å². The second-order valence-corrected chi connectivity index (χ2v) is 7.51. The van der Waals surface area contributed by atoms with E-state index in [1.165, 1.54) is 12.1 Å². The highest BCUT2D eigenvalue weighted by Gasteiger charge is 2.54. The smallest absolute Gasteiger partial charge is 0.226 e. The molecule has 2 aromatic rings. The van der Waals surface area contributed by atoms with E-state index in [0.717, 1.165) is 22.4 Å². The molecule has 164 valence electrons. The molecule has 5 atom stereocenters. The molecule has 2 aromatic carbocycles. The first-order valence-corrected chi connectivity index (χ1v) is 9.81. The van der Waals surface area contributed by atoms with Crippen molar-refractivity contribution in [2.45, 2.75) is 50.5 Å². The van der Waals surface area contributed by atoms with Crippen LogP contribution in [0, 0.1) is 6.92 Å². The molecule has 1 heterocycles. The van der Waals surface area contributed by atoms with Crippen molar-refractivity contribution < 1.29 is 40.1 Å². The fourth-order valence-corrected chi connectivity index (χ4v) is 3.68. The third-order valence-corrected chi connectivity index (χ3v) is 5.44. The molecule has 0 amide bonds. The summed E-state index contributed by atoms with van der Waals surface area (Å²) in [5.41, 5.74) is 2.29. The maximum absolute atomic E-state index is 11.0. The largest absolute Gasteiger partial charge is 0.507 e. The Hall–Kier alpha value is -2.20. The molecule has 1 saturated heterocycles. The Bertz CT molecular complexity index is 866. The number of phenolic OH excluding ortho intramolecular Hbond substituents is 1. The van der Waals surface area contributed by atoms with Gasteiger partial charge in [-0.2, -0.15) is 0 Å². The van der Waals surface area contributed by atoms with Gasteiger partial charge in [0.15, 0.2) is 0 Å². The van der Waals surface area contributed by atoms with E-state index in [4.69, 9.17) is 9.47 Å². The number of phenols is 1. The summed E-state index contributed by atoms with van der Waals surface area (Å²) in [5, 5.41) is 61.3. The zero-order chi connectivity index (χ0) is 22.1. The van der Waals surface area contributed by atoms with Gasteiger partial charge in [0, 0.05) is 0 Å². The van der Waals surface area contributed by atoms with Crippen molar-refractivity contribution >= 4 is 0 Å². The van der Waals surface area contributed by atoms with E-state index in [2.05, 4.69) is 0 Å². The van der Waals surface area contributed by atoms with Gasteiger partial charge < -0.3 is 40.1 Å². The van der Waals surface area contributed by atoms with Gasteiger partial charge in [0.2, 0.25) is 5.79 Å². The SMILES string of the molecule is CCOc1ccc(Cc2cc([C@]3(O)O[C@H](CO)[C@@H](O)[C@H](O)[C@H]3O)c(O)cc2C)cc1. The average Bonchev–Trinajstić information content (AvgIpc) is 2.72. The minimum absolute atomic E-state index is 0.161. The van der Waals surface area contributed by atoms with Crippen molar-refractivity contribution in [3.8, 4) is 11.5 Å². The minimum Gasteiger partial charge on any atom is -0.507 e. The van der Waals surface area contributed by atoms with Crippen molar-refractivity contribution in [3.63, 3.8) is 0 Å². The third-order valence-electron chi connectivity index (χ3n) is 5.44. The Balaban J connectivity index is 1.96. The Morgan fingerprint density at radius 3 is 2.33 bits per heavy atom. The number of rotatable bonds is 6. The number of hydrogen-bond donors (Lipinski definition) is 6. The summed E-state index contributed by atoms with van der Waals surface area (Å²) in [4.78, 5) is 0. The van der Waals surface area contributed by atoms with Gasteiger partial charge in [0.1, 0.15) is 35.9 Å². The quantitative estimate of drug-likeness (QED) is 0.392. The fourth-order valence-electron chi connectivity index (χ4n) is 3.68. The molecule has 0 unspecified atom stereocenters. The maximum atomic E-state index is 11.0. The highest BCUT2D eigenvalue weighted by molar-refractivity contribution is 5.46. The molecule has 6 N–H and O–H groups in total. The number of aryl methyl sites for hydroxylation is 1. The molecular weight excluding hydrogens is 392 g/mol. The van der Waals surface area contributed by atoms with Crippen LogP contribution in [0.2, 0.25) is 0 Å². The summed E-state index contributed by atoms with van der Waals surface area (Å²) >= 11 is 0. The molecular formula is C22H28O8. The van der Waals surface area contributed by atoms with Gasteiger partial charge in [0.05, 0.1) is 18.8 Å². The number of benzene rings is 2. The van der Waals surface area contributed by atoms with Crippen LogP contribution in [0.1, 0.15) is 29.2 Å². The molecule has 30 heavy (non-hydrogen) atoms. The van der Waals surface area contributed by atoms with E-state index in [-0.39, 0.29) is 11.3 Å². The van der Waals surface area contributed by atoms with Crippen LogP contribution in [0.15, 0.2) is 36.4 Å². The Morgan fingerprint density at radius 1 is 1.07 bits per heavy atom. The standard InChI is InChI=1S/C22H28O8/c1-3-29-15-6-4-13(5-7-15)9-14-10-16(17(24)8-12(14)2)22(28)21(27)20(26)19(25)18(11-23)30-22/h4-8,10,18-21,23-28H,3,9,11H2,1-2H3/t18-,19-,20+,21-,22+/m1/s1. The predicted molar refractivity (Wildman–Crippen MR) is 107 cm³/mol. The molecule has 0 spiro atoms. The summed E-state index contributed by atoms with van der Waals surface area (Å²) in [5.74, 6) is -2.11. The molecule has 0 radical (unpaired) electrons. The lowest BCUT2D eigenvalue weighted by Crippen LogP contribution is -2.63. The summed E-state index contributed by atoms with van der Waals surface area (Å²) in [7, 11) is 0. The summed E-state index contributed by atoms with van der Waals surface area (Å²) in [6.07, 6.45) is -6.20. The molecule has 1 fully saturated rings. The molecule has 1 aliphatic heterocycles. The van der Waals surface area contributed by atoms with Crippen LogP contribution in [-0.2, 0) is 16.9 Å². The Kier molecular flexibility index (Phi) is 6.66. The number of ether oxygens (including phenoxy) is 2. The van der Waals surface area contributed by atoms with Crippen LogP contribution in [0.25, 0.3) is 0 Å². The predicted octanol–water partition coefficient (Wildman–Crippen LogP) is 0.309. The Labute approximate surface area is 174 Å². The summed E-state index contributed by atoms with van der Waals surface area (Å²) in [6.45, 7) is 3.57. The van der Waals surface area contributed by atoms with Crippen molar-refractivity contribution in [1.82, 2.24) is 0 Å². The molecule has 0 bridgehead atoms. The highest BCUT2D eigenvalue weighted by atomic mass is 16.7. The molecule has 0 aliphatic carbocycles. The van der Waals surface area contributed by atoms with E-state index >= 15 is 0 Å². The highest BCUT2D eigenvalue weighted by Crippen LogP contribution is 2.41. The number of aromatic hydroxyl groups is 1. The molecule has 0 aromatic heterocycles. The fraction of sp³-hybridized carbons (Fsp3) is 0.455. The van der Waals surface area contributed by atoms with Crippen molar-refractivity contribution in [3.05, 3.63) is 58.7 Å². The van der Waals surface area contributed by atoms with E-state index in [1.807, 2.05) is 31.2 Å². The van der Waals surface area contributed by atoms with Gasteiger partial charge in [0.25, 0.3) is 0 Å². The summed E-state index contributed by atoms with van der Waals surface area (Å²) < 4.78 is 10.8. The first kappa shape index (κ1) is 22.5. The molecule has 1 aliphatic rings. The minimum atomic E-state index is -2.52. The van der Waals surface area contributed by atoms with Crippen LogP contribution in [0.3, 0.4) is 0 Å². The lowest BCUT2D eigenvalue weighted by atomic mass is 9.86. The first-order valence-electron chi connectivity index (χ1n) is 9.81. The van der Waals surface area contributed by atoms with Crippen LogP contribution < -0.4 is 4.74 Å².